The van der Waals surface area contributed by atoms with E-state index in [9.17, 15) is 25.2 Å². The predicted molar refractivity (Wildman–Crippen MR) is 256 cm³/mol. The minimum atomic E-state index is -1.28. The average molecular weight is 832 g/mol. The lowest BCUT2D eigenvalue weighted by Gasteiger charge is -2.27. The van der Waals surface area contributed by atoms with E-state index in [1.54, 1.807) is 0 Å². The quantitative estimate of drug-likeness (QED) is 0.0238. The van der Waals surface area contributed by atoms with E-state index in [0.29, 0.717) is 12.8 Å². The van der Waals surface area contributed by atoms with Gasteiger partial charge in [0.25, 0.3) is 0 Å². The van der Waals surface area contributed by atoms with Gasteiger partial charge in [-0.15, -0.1) is 0 Å². The van der Waals surface area contributed by atoms with E-state index in [0.717, 1.165) is 44.9 Å². The average Bonchev–Trinajstić information content (AvgIpc) is 3.24. The fourth-order valence-electron chi connectivity index (χ4n) is 7.98. The van der Waals surface area contributed by atoms with Crippen LogP contribution in [0, 0.1) is 0 Å². The molecule has 1 amide bonds. The number of carbonyl (C=O) groups excluding carboxylic acids is 1. The van der Waals surface area contributed by atoms with Gasteiger partial charge in [-0.1, -0.05) is 237 Å². The Hall–Kier alpha value is -1.47. The van der Waals surface area contributed by atoms with E-state index in [2.05, 4.69) is 55.6 Å². The zero-order chi connectivity index (χ0) is 43.1. The number of aliphatic hydroxyl groups excluding tert-OH is 4. The summed E-state index contributed by atoms with van der Waals surface area (Å²) in [6, 6.07) is -1.00. The topological polar surface area (TPSA) is 110 Å². The molecule has 0 bridgehead atoms. The van der Waals surface area contributed by atoms with Gasteiger partial charge < -0.3 is 25.7 Å². The molecule has 59 heavy (non-hydrogen) atoms. The second-order valence-electron chi connectivity index (χ2n) is 17.9. The van der Waals surface area contributed by atoms with Crippen molar-refractivity contribution in [2.45, 2.75) is 289 Å². The van der Waals surface area contributed by atoms with Crippen LogP contribution in [0.2, 0.25) is 0 Å². The summed E-state index contributed by atoms with van der Waals surface area (Å²) >= 11 is 0. The molecule has 0 spiro atoms. The minimum absolute atomic E-state index is 0.357. The molecule has 0 heterocycles. The molecule has 6 heteroatoms. The number of nitrogens with one attached hydrogen (secondary N) is 1. The molecule has 0 aliphatic heterocycles. The van der Waals surface area contributed by atoms with Crippen LogP contribution in [-0.4, -0.2) is 57.3 Å². The van der Waals surface area contributed by atoms with E-state index in [-0.39, 0.29) is 0 Å². The standard InChI is InChI=1S/C53H101NO5/c1-3-5-7-9-11-13-15-17-19-21-23-24-25-26-27-28-29-31-32-34-36-38-40-42-44-46-50(56)52(58)49(48-55)54-53(59)51(57)47-45-43-41-39-37-35-33-30-22-20-18-16-14-12-10-8-6-4-2/h12,14,16,18,38,40,49-52,55-58H,3-11,13,15,17,19-37,39,41-48H2,1-2H3,(H,54,59)/b14-12-,18-16-,40-38+. The number of carbonyl (C=O) groups is 1. The number of amides is 1. The summed E-state index contributed by atoms with van der Waals surface area (Å²) < 4.78 is 0. The third-order valence-electron chi connectivity index (χ3n) is 12.1. The van der Waals surface area contributed by atoms with Crippen LogP contribution >= 0.6 is 0 Å². The zero-order valence-corrected chi connectivity index (χ0v) is 39.3. The molecule has 0 radical (unpaired) electrons. The van der Waals surface area contributed by atoms with Crippen LogP contribution in [0.5, 0.6) is 0 Å². The smallest absolute Gasteiger partial charge is 0.249 e. The third-order valence-corrected chi connectivity index (χ3v) is 12.1. The maximum absolute atomic E-state index is 12.5. The molecule has 348 valence electrons. The Morgan fingerprint density at radius 1 is 0.424 bits per heavy atom. The third kappa shape index (κ3) is 41.6. The van der Waals surface area contributed by atoms with Crippen molar-refractivity contribution in [2.75, 3.05) is 6.61 Å². The number of unbranched alkanes of at least 4 members (excludes halogenated alkanes) is 33. The summed E-state index contributed by atoms with van der Waals surface area (Å²) in [4.78, 5) is 12.5. The molecule has 0 aromatic carbocycles. The molecular weight excluding hydrogens is 731 g/mol. The summed E-state index contributed by atoms with van der Waals surface area (Å²) in [6.45, 7) is 4.03. The molecular formula is C53H101NO5. The number of rotatable bonds is 47. The number of aliphatic hydroxyl groups is 4. The minimum Gasteiger partial charge on any atom is -0.394 e. The predicted octanol–water partition coefficient (Wildman–Crippen LogP) is 14.5. The van der Waals surface area contributed by atoms with E-state index in [1.807, 2.05) is 0 Å². The van der Waals surface area contributed by atoms with Gasteiger partial charge in [-0.3, -0.25) is 4.79 Å². The molecule has 4 atom stereocenters. The molecule has 0 fully saturated rings. The normalized spacial score (nSPS) is 14.2. The van der Waals surface area contributed by atoms with Crippen molar-refractivity contribution in [3.8, 4) is 0 Å². The first-order valence-electron chi connectivity index (χ1n) is 25.9. The highest BCUT2D eigenvalue weighted by Gasteiger charge is 2.28. The van der Waals surface area contributed by atoms with E-state index in [4.69, 9.17) is 0 Å². The van der Waals surface area contributed by atoms with Gasteiger partial charge >= 0.3 is 0 Å². The Kier molecular flexibility index (Phi) is 46.4. The van der Waals surface area contributed by atoms with Crippen molar-refractivity contribution in [1.29, 1.82) is 0 Å². The second-order valence-corrected chi connectivity index (χ2v) is 17.9. The monoisotopic (exact) mass is 832 g/mol. The molecule has 0 aromatic heterocycles. The highest BCUT2D eigenvalue weighted by Crippen LogP contribution is 2.17. The van der Waals surface area contributed by atoms with Crippen molar-refractivity contribution in [3.05, 3.63) is 36.5 Å². The number of hydrogen-bond acceptors (Lipinski definition) is 5. The summed E-state index contributed by atoms with van der Waals surface area (Å²) in [7, 11) is 0. The molecule has 0 saturated heterocycles. The Morgan fingerprint density at radius 2 is 0.746 bits per heavy atom. The molecule has 0 aliphatic rings. The van der Waals surface area contributed by atoms with Crippen LogP contribution in [0.4, 0.5) is 0 Å². The molecule has 5 N–H and O–H groups in total. The molecule has 6 nitrogen and oxygen atoms in total. The summed E-state index contributed by atoms with van der Waals surface area (Å²) in [5.74, 6) is -0.596. The van der Waals surface area contributed by atoms with Crippen LogP contribution in [0.25, 0.3) is 0 Å². The largest absolute Gasteiger partial charge is 0.394 e. The van der Waals surface area contributed by atoms with Crippen LogP contribution in [0.1, 0.15) is 264 Å². The van der Waals surface area contributed by atoms with E-state index in [1.165, 1.54) is 193 Å². The van der Waals surface area contributed by atoms with Gasteiger partial charge in [-0.25, -0.2) is 0 Å². The number of allylic oxidation sites excluding steroid dienone is 6. The van der Waals surface area contributed by atoms with Gasteiger partial charge in [-0.05, 0) is 64.2 Å². The zero-order valence-electron chi connectivity index (χ0n) is 39.3. The highest BCUT2D eigenvalue weighted by molar-refractivity contribution is 5.80. The van der Waals surface area contributed by atoms with Gasteiger partial charge in [-0.2, -0.15) is 0 Å². The van der Waals surface area contributed by atoms with E-state index < -0.39 is 36.9 Å². The first kappa shape index (κ1) is 57.5. The van der Waals surface area contributed by atoms with Gasteiger partial charge in [0, 0.05) is 0 Å². The van der Waals surface area contributed by atoms with Crippen molar-refractivity contribution in [1.82, 2.24) is 5.32 Å². The summed E-state index contributed by atoms with van der Waals surface area (Å²) in [5.41, 5.74) is 0. The van der Waals surface area contributed by atoms with Gasteiger partial charge in [0.2, 0.25) is 5.91 Å². The lowest BCUT2D eigenvalue weighted by molar-refractivity contribution is -0.132. The van der Waals surface area contributed by atoms with Crippen LogP contribution in [0.3, 0.4) is 0 Å². The molecule has 0 aliphatic carbocycles. The van der Waals surface area contributed by atoms with Crippen molar-refractivity contribution < 1.29 is 25.2 Å². The fourth-order valence-corrected chi connectivity index (χ4v) is 7.98. The lowest BCUT2D eigenvalue weighted by atomic mass is 10.00. The SMILES string of the molecule is CCCCC/C=C\C=C/CCCCCCCCCCCC(O)C(=O)NC(CO)C(O)C(O)CCC/C=C/CCCCCCCCCCCCCCCCCCCCCC. The summed E-state index contributed by atoms with van der Waals surface area (Å²) in [6.07, 6.45) is 57.7. The van der Waals surface area contributed by atoms with Crippen LogP contribution in [-0.2, 0) is 4.79 Å². The maximum atomic E-state index is 12.5. The Balaban J connectivity index is 3.69. The first-order chi connectivity index (χ1) is 29.0. The molecule has 0 rings (SSSR count). The van der Waals surface area contributed by atoms with Crippen molar-refractivity contribution >= 4 is 5.91 Å². The molecule has 0 saturated carbocycles. The lowest BCUT2D eigenvalue weighted by Crippen LogP contribution is -2.53. The summed E-state index contributed by atoms with van der Waals surface area (Å²) in [5, 5.41) is 43.8. The molecule has 4 unspecified atom stereocenters. The first-order valence-corrected chi connectivity index (χ1v) is 25.9. The van der Waals surface area contributed by atoms with Crippen LogP contribution < -0.4 is 5.32 Å². The van der Waals surface area contributed by atoms with Crippen LogP contribution in [0.15, 0.2) is 36.5 Å². The van der Waals surface area contributed by atoms with Gasteiger partial charge in [0.05, 0.1) is 18.8 Å². The Bertz CT molecular complexity index is 935. The van der Waals surface area contributed by atoms with Gasteiger partial charge in [0.15, 0.2) is 0 Å². The second kappa shape index (κ2) is 47.6. The van der Waals surface area contributed by atoms with Crippen molar-refractivity contribution in [2.24, 2.45) is 0 Å². The van der Waals surface area contributed by atoms with E-state index >= 15 is 0 Å². The highest BCUT2D eigenvalue weighted by atomic mass is 16.3. The van der Waals surface area contributed by atoms with Gasteiger partial charge in [0.1, 0.15) is 12.2 Å². The fraction of sp³-hybridized carbons (Fsp3) is 0.868. The maximum Gasteiger partial charge on any atom is 0.249 e. The Morgan fingerprint density at radius 3 is 1.15 bits per heavy atom. The Labute approximate surface area is 367 Å². The van der Waals surface area contributed by atoms with Crippen molar-refractivity contribution in [3.63, 3.8) is 0 Å². The molecule has 0 aromatic rings. The number of hydrogen-bond donors (Lipinski definition) is 5.